The third-order valence-corrected chi connectivity index (χ3v) is 3.37. The lowest BCUT2D eigenvalue weighted by Crippen LogP contribution is -2.04. The summed E-state index contributed by atoms with van der Waals surface area (Å²) in [5.41, 5.74) is 11.4. The summed E-state index contributed by atoms with van der Waals surface area (Å²) in [6, 6.07) is 17.4. The molecule has 1 unspecified atom stereocenters. The number of aryl methyl sites for hydroxylation is 1. The molecule has 1 aliphatic rings. The van der Waals surface area contributed by atoms with Gasteiger partial charge in [0.05, 0.1) is 0 Å². The SMILES string of the molecule is NC1CCc2cc(-c3ccccc3)ccc21. The topological polar surface area (TPSA) is 26.0 Å². The molecule has 0 bridgehead atoms. The van der Waals surface area contributed by atoms with Crippen molar-refractivity contribution in [2.45, 2.75) is 18.9 Å². The Balaban J connectivity index is 2.06. The van der Waals surface area contributed by atoms with Gasteiger partial charge < -0.3 is 5.73 Å². The third-order valence-electron chi connectivity index (χ3n) is 3.37. The fourth-order valence-electron chi connectivity index (χ4n) is 2.46. The molecule has 2 aromatic carbocycles. The molecule has 3 rings (SSSR count). The predicted molar refractivity (Wildman–Crippen MR) is 67.1 cm³/mol. The molecular formula is C15H15N. The zero-order valence-electron chi connectivity index (χ0n) is 9.19. The molecule has 0 saturated carbocycles. The van der Waals surface area contributed by atoms with E-state index in [1.165, 1.54) is 22.3 Å². The van der Waals surface area contributed by atoms with Gasteiger partial charge in [-0.05, 0) is 35.1 Å². The molecule has 0 radical (unpaired) electrons. The molecule has 1 atom stereocenters. The highest BCUT2D eigenvalue weighted by atomic mass is 14.6. The van der Waals surface area contributed by atoms with E-state index >= 15 is 0 Å². The van der Waals surface area contributed by atoms with Crippen LogP contribution in [0.15, 0.2) is 48.5 Å². The van der Waals surface area contributed by atoms with Gasteiger partial charge in [-0.15, -0.1) is 0 Å². The minimum absolute atomic E-state index is 0.250. The Hall–Kier alpha value is -1.60. The summed E-state index contributed by atoms with van der Waals surface area (Å²) in [7, 11) is 0. The zero-order valence-corrected chi connectivity index (χ0v) is 9.19. The highest BCUT2D eigenvalue weighted by molar-refractivity contribution is 5.65. The summed E-state index contributed by atoms with van der Waals surface area (Å²) in [5.74, 6) is 0. The van der Waals surface area contributed by atoms with Crippen molar-refractivity contribution >= 4 is 0 Å². The van der Waals surface area contributed by atoms with Gasteiger partial charge in [-0.2, -0.15) is 0 Å². The lowest BCUT2D eigenvalue weighted by Gasteiger charge is -2.07. The molecule has 0 saturated heterocycles. The summed E-state index contributed by atoms with van der Waals surface area (Å²) < 4.78 is 0. The Kier molecular flexibility index (Phi) is 2.26. The summed E-state index contributed by atoms with van der Waals surface area (Å²) in [5, 5.41) is 0. The van der Waals surface area contributed by atoms with Crippen molar-refractivity contribution in [3.05, 3.63) is 59.7 Å². The van der Waals surface area contributed by atoms with Crippen molar-refractivity contribution in [2.75, 3.05) is 0 Å². The van der Waals surface area contributed by atoms with Crippen molar-refractivity contribution in [1.29, 1.82) is 0 Å². The first kappa shape index (κ1) is 9.61. The van der Waals surface area contributed by atoms with Crippen LogP contribution < -0.4 is 5.73 Å². The quantitative estimate of drug-likeness (QED) is 0.766. The molecule has 1 aliphatic carbocycles. The molecule has 1 nitrogen and oxygen atoms in total. The maximum absolute atomic E-state index is 6.04. The van der Waals surface area contributed by atoms with Crippen LogP contribution in [0, 0.1) is 0 Å². The molecule has 0 heterocycles. The second-order valence-corrected chi connectivity index (χ2v) is 4.42. The first-order valence-corrected chi connectivity index (χ1v) is 5.78. The number of benzene rings is 2. The third kappa shape index (κ3) is 1.54. The van der Waals surface area contributed by atoms with E-state index in [1.807, 2.05) is 6.07 Å². The van der Waals surface area contributed by atoms with Gasteiger partial charge in [0.2, 0.25) is 0 Å². The normalized spacial score (nSPS) is 18.4. The Morgan fingerprint density at radius 3 is 2.56 bits per heavy atom. The first-order valence-electron chi connectivity index (χ1n) is 5.78. The van der Waals surface area contributed by atoms with Gasteiger partial charge in [-0.3, -0.25) is 0 Å². The van der Waals surface area contributed by atoms with E-state index in [2.05, 4.69) is 42.5 Å². The fourth-order valence-corrected chi connectivity index (χ4v) is 2.46. The molecule has 0 fully saturated rings. The Labute approximate surface area is 95.9 Å². The summed E-state index contributed by atoms with van der Waals surface area (Å²) in [6.07, 6.45) is 2.21. The molecular weight excluding hydrogens is 194 g/mol. The largest absolute Gasteiger partial charge is 0.324 e. The maximum Gasteiger partial charge on any atom is 0.0300 e. The van der Waals surface area contributed by atoms with Crippen molar-refractivity contribution in [1.82, 2.24) is 0 Å². The van der Waals surface area contributed by atoms with Crippen molar-refractivity contribution in [3.8, 4) is 11.1 Å². The minimum Gasteiger partial charge on any atom is -0.324 e. The lowest BCUT2D eigenvalue weighted by molar-refractivity contribution is 0.713. The van der Waals surface area contributed by atoms with Crippen LogP contribution in [0.1, 0.15) is 23.6 Å². The van der Waals surface area contributed by atoms with Crippen LogP contribution in [0.25, 0.3) is 11.1 Å². The van der Waals surface area contributed by atoms with Crippen LogP contribution in [0.2, 0.25) is 0 Å². The summed E-state index contributed by atoms with van der Waals surface area (Å²) in [6.45, 7) is 0. The van der Waals surface area contributed by atoms with E-state index < -0.39 is 0 Å². The Morgan fingerprint density at radius 1 is 0.938 bits per heavy atom. The van der Waals surface area contributed by atoms with Gasteiger partial charge in [0.1, 0.15) is 0 Å². The van der Waals surface area contributed by atoms with Crippen LogP contribution in [-0.4, -0.2) is 0 Å². The van der Waals surface area contributed by atoms with Crippen LogP contribution >= 0.6 is 0 Å². The predicted octanol–water partition coefficient (Wildman–Crippen LogP) is 3.30. The van der Waals surface area contributed by atoms with Crippen molar-refractivity contribution < 1.29 is 0 Å². The lowest BCUT2D eigenvalue weighted by atomic mass is 10.00. The minimum atomic E-state index is 0.250. The van der Waals surface area contributed by atoms with E-state index in [0.29, 0.717) is 0 Å². The van der Waals surface area contributed by atoms with Gasteiger partial charge in [-0.25, -0.2) is 0 Å². The Bertz CT molecular complexity index is 502. The number of rotatable bonds is 1. The average molecular weight is 209 g/mol. The number of hydrogen-bond donors (Lipinski definition) is 1. The molecule has 0 spiro atoms. The van der Waals surface area contributed by atoms with Crippen LogP contribution in [0.3, 0.4) is 0 Å². The molecule has 80 valence electrons. The van der Waals surface area contributed by atoms with E-state index in [4.69, 9.17) is 5.73 Å². The zero-order chi connectivity index (χ0) is 11.0. The number of nitrogens with two attached hydrogens (primary N) is 1. The van der Waals surface area contributed by atoms with Crippen molar-refractivity contribution in [3.63, 3.8) is 0 Å². The van der Waals surface area contributed by atoms with E-state index in [0.717, 1.165) is 12.8 Å². The highest BCUT2D eigenvalue weighted by Crippen LogP contribution is 2.32. The fraction of sp³-hybridized carbons (Fsp3) is 0.200. The van der Waals surface area contributed by atoms with Gasteiger partial charge >= 0.3 is 0 Å². The van der Waals surface area contributed by atoms with Gasteiger partial charge in [0.15, 0.2) is 0 Å². The van der Waals surface area contributed by atoms with Gasteiger partial charge in [0.25, 0.3) is 0 Å². The Morgan fingerprint density at radius 2 is 1.75 bits per heavy atom. The molecule has 2 N–H and O–H groups in total. The average Bonchev–Trinajstić information content (AvgIpc) is 2.72. The molecule has 2 aromatic rings. The first-order chi connectivity index (χ1) is 7.84. The monoisotopic (exact) mass is 209 g/mol. The van der Waals surface area contributed by atoms with Gasteiger partial charge in [0, 0.05) is 6.04 Å². The molecule has 16 heavy (non-hydrogen) atoms. The summed E-state index contributed by atoms with van der Waals surface area (Å²) in [4.78, 5) is 0. The highest BCUT2D eigenvalue weighted by Gasteiger charge is 2.18. The molecule has 0 amide bonds. The van der Waals surface area contributed by atoms with Crippen LogP contribution in [-0.2, 0) is 6.42 Å². The van der Waals surface area contributed by atoms with Crippen LogP contribution in [0.4, 0.5) is 0 Å². The van der Waals surface area contributed by atoms with Crippen molar-refractivity contribution in [2.24, 2.45) is 5.73 Å². The van der Waals surface area contributed by atoms with Crippen LogP contribution in [0.5, 0.6) is 0 Å². The van der Waals surface area contributed by atoms with E-state index in [1.54, 1.807) is 0 Å². The molecule has 0 aromatic heterocycles. The molecule has 0 aliphatic heterocycles. The second-order valence-electron chi connectivity index (χ2n) is 4.42. The van der Waals surface area contributed by atoms with E-state index in [-0.39, 0.29) is 6.04 Å². The standard InChI is InChI=1S/C15H15N/c16-15-9-7-13-10-12(6-8-14(13)15)11-4-2-1-3-5-11/h1-6,8,10,15H,7,9,16H2. The smallest absolute Gasteiger partial charge is 0.0300 e. The van der Waals surface area contributed by atoms with E-state index in [9.17, 15) is 0 Å². The number of hydrogen-bond acceptors (Lipinski definition) is 1. The molecule has 1 heteroatoms. The maximum atomic E-state index is 6.04. The second kappa shape index (κ2) is 3.76. The van der Waals surface area contributed by atoms with Gasteiger partial charge in [-0.1, -0.05) is 48.5 Å². The summed E-state index contributed by atoms with van der Waals surface area (Å²) >= 11 is 0. The number of fused-ring (bicyclic) bond motifs is 1.